The Labute approximate surface area is 194 Å². The fourth-order valence-electron chi connectivity index (χ4n) is 4.20. The highest BCUT2D eigenvalue weighted by Crippen LogP contribution is 2.37. The largest absolute Gasteiger partial charge is 0.350 e. The monoisotopic (exact) mass is 443 g/mol. The molecule has 170 valence electrons. The van der Waals surface area contributed by atoms with E-state index in [2.05, 4.69) is 5.32 Å². The summed E-state index contributed by atoms with van der Waals surface area (Å²) in [6.07, 6.45) is 0. The molecule has 0 radical (unpaired) electrons. The maximum Gasteiger partial charge on any atom is 0.259 e. The predicted octanol–water partition coefficient (Wildman–Crippen LogP) is 4.13. The van der Waals surface area contributed by atoms with Crippen LogP contribution in [0.3, 0.4) is 0 Å². The van der Waals surface area contributed by atoms with Crippen molar-refractivity contribution in [3.8, 4) is 0 Å². The summed E-state index contributed by atoms with van der Waals surface area (Å²) in [4.78, 5) is 42.8. The van der Waals surface area contributed by atoms with Gasteiger partial charge in [0.1, 0.15) is 12.6 Å². The maximum atomic E-state index is 13.6. The van der Waals surface area contributed by atoms with Gasteiger partial charge >= 0.3 is 0 Å². The Hall–Kier alpha value is -3.67. The van der Waals surface area contributed by atoms with Crippen LogP contribution in [0.25, 0.3) is 10.8 Å². The molecule has 0 unspecified atom stereocenters. The quantitative estimate of drug-likeness (QED) is 0.623. The normalized spacial score (nSPS) is 13.8. The molecule has 3 amide bonds. The zero-order chi connectivity index (χ0) is 23.8. The number of hydrogen-bond donors (Lipinski definition) is 1. The summed E-state index contributed by atoms with van der Waals surface area (Å²) in [7, 11) is 0. The molecule has 1 N–H and O–H groups in total. The number of amides is 3. The average molecular weight is 444 g/mol. The molecule has 6 heteroatoms. The van der Waals surface area contributed by atoms with Crippen LogP contribution in [0.5, 0.6) is 0 Å². The molecule has 0 saturated carbocycles. The van der Waals surface area contributed by atoms with Crippen LogP contribution in [-0.2, 0) is 16.1 Å². The van der Waals surface area contributed by atoms with Crippen molar-refractivity contribution in [2.75, 3.05) is 11.4 Å². The van der Waals surface area contributed by atoms with Gasteiger partial charge in [-0.1, -0.05) is 54.6 Å². The number of hydrogen-bond acceptors (Lipinski definition) is 3. The van der Waals surface area contributed by atoms with E-state index in [-0.39, 0.29) is 30.8 Å². The standard InChI is InChI=1S/C27H29N3O3/c1-18(25(32)28-27(2,3)4)29(16-19-10-6-5-7-11-19)23(31)17-30-22-15-9-13-20-12-8-14-21(24(20)22)26(30)33/h5-15,18H,16-17H2,1-4H3,(H,28,32)/t18-/m1/s1. The van der Waals surface area contributed by atoms with E-state index in [0.717, 1.165) is 22.0 Å². The third-order valence-electron chi connectivity index (χ3n) is 5.80. The molecule has 3 aromatic carbocycles. The molecular weight excluding hydrogens is 414 g/mol. The zero-order valence-electron chi connectivity index (χ0n) is 19.5. The van der Waals surface area contributed by atoms with E-state index < -0.39 is 11.6 Å². The van der Waals surface area contributed by atoms with Gasteiger partial charge in [-0.25, -0.2) is 0 Å². The molecule has 4 rings (SSSR count). The molecule has 0 aromatic heterocycles. The Morgan fingerprint density at radius 2 is 1.64 bits per heavy atom. The van der Waals surface area contributed by atoms with Crippen LogP contribution >= 0.6 is 0 Å². The van der Waals surface area contributed by atoms with Gasteiger partial charge in [-0.15, -0.1) is 0 Å². The first-order valence-electron chi connectivity index (χ1n) is 11.1. The second-order valence-electron chi connectivity index (χ2n) is 9.49. The number of nitrogens with zero attached hydrogens (tertiary/aromatic N) is 2. The van der Waals surface area contributed by atoms with E-state index in [1.54, 1.807) is 17.9 Å². The minimum Gasteiger partial charge on any atom is -0.350 e. The Morgan fingerprint density at radius 1 is 0.970 bits per heavy atom. The van der Waals surface area contributed by atoms with E-state index in [1.807, 2.05) is 81.4 Å². The molecule has 3 aromatic rings. The number of carbonyl (C=O) groups excluding carboxylic acids is 3. The van der Waals surface area contributed by atoms with Crippen molar-refractivity contribution in [2.45, 2.75) is 45.8 Å². The van der Waals surface area contributed by atoms with E-state index in [0.29, 0.717) is 5.56 Å². The van der Waals surface area contributed by atoms with E-state index in [1.165, 1.54) is 4.90 Å². The fraction of sp³-hybridized carbons (Fsp3) is 0.296. The number of carbonyl (C=O) groups is 3. The van der Waals surface area contributed by atoms with E-state index in [9.17, 15) is 14.4 Å². The summed E-state index contributed by atoms with van der Waals surface area (Å²) in [6, 6.07) is 20.2. The van der Waals surface area contributed by atoms with Crippen molar-refractivity contribution in [3.05, 3.63) is 77.9 Å². The Morgan fingerprint density at radius 3 is 2.30 bits per heavy atom. The molecule has 33 heavy (non-hydrogen) atoms. The van der Waals surface area contributed by atoms with Gasteiger partial charge in [0, 0.05) is 23.0 Å². The van der Waals surface area contributed by atoms with Gasteiger partial charge in [0.2, 0.25) is 11.8 Å². The zero-order valence-corrected chi connectivity index (χ0v) is 19.5. The van der Waals surface area contributed by atoms with Crippen molar-refractivity contribution in [3.63, 3.8) is 0 Å². The van der Waals surface area contributed by atoms with Crippen molar-refractivity contribution in [1.82, 2.24) is 10.2 Å². The Bertz CT molecular complexity index is 1210. The van der Waals surface area contributed by atoms with Crippen molar-refractivity contribution in [2.24, 2.45) is 0 Å². The van der Waals surface area contributed by atoms with Crippen LogP contribution < -0.4 is 10.2 Å². The minimum absolute atomic E-state index is 0.132. The molecule has 1 aliphatic heterocycles. The van der Waals surface area contributed by atoms with Gasteiger partial charge in [0.05, 0.1) is 5.69 Å². The first-order valence-corrected chi connectivity index (χ1v) is 11.1. The molecular formula is C27H29N3O3. The molecule has 1 atom stereocenters. The molecule has 0 spiro atoms. The lowest BCUT2D eigenvalue weighted by molar-refractivity contribution is -0.140. The first-order chi connectivity index (χ1) is 15.7. The van der Waals surface area contributed by atoms with Gasteiger partial charge in [0.25, 0.3) is 5.91 Å². The van der Waals surface area contributed by atoms with Crippen molar-refractivity contribution >= 4 is 34.2 Å². The number of nitrogens with one attached hydrogen (secondary N) is 1. The number of rotatable bonds is 6. The Kier molecular flexibility index (Phi) is 5.93. The second kappa shape index (κ2) is 8.70. The highest BCUT2D eigenvalue weighted by atomic mass is 16.2. The van der Waals surface area contributed by atoms with E-state index in [4.69, 9.17) is 0 Å². The molecule has 1 heterocycles. The van der Waals surface area contributed by atoms with Crippen molar-refractivity contribution in [1.29, 1.82) is 0 Å². The van der Waals surface area contributed by atoms with Gasteiger partial charge in [-0.05, 0) is 50.8 Å². The predicted molar refractivity (Wildman–Crippen MR) is 130 cm³/mol. The maximum absolute atomic E-state index is 13.6. The Balaban J connectivity index is 1.62. The van der Waals surface area contributed by atoms with Crippen LogP contribution in [0.15, 0.2) is 66.7 Å². The lowest BCUT2D eigenvalue weighted by Gasteiger charge is -2.32. The van der Waals surface area contributed by atoms with Crippen LogP contribution in [0, 0.1) is 0 Å². The highest BCUT2D eigenvalue weighted by Gasteiger charge is 2.34. The SMILES string of the molecule is C[C@H](C(=O)NC(C)(C)C)N(Cc1ccccc1)C(=O)CN1C(=O)c2cccc3cccc1c23. The van der Waals surface area contributed by atoms with Gasteiger partial charge in [-0.3, -0.25) is 19.3 Å². The number of benzene rings is 3. The summed E-state index contributed by atoms with van der Waals surface area (Å²) >= 11 is 0. The minimum atomic E-state index is -0.701. The molecule has 1 aliphatic rings. The van der Waals surface area contributed by atoms with Crippen LogP contribution in [0.4, 0.5) is 5.69 Å². The average Bonchev–Trinajstić information content (AvgIpc) is 3.04. The van der Waals surface area contributed by atoms with Gasteiger partial charge < -0.3 is 10.2 Å². The summed E-state index contributed by atoms with van der Waals surface area (Å²) in [5.74, 6) is -0.708. The van der Waals surface area contributed by atoms with Gasteiger partial charge in [-0.2, -0.15) is 0 Å². The third-order valence-corrected chi connectivity index (χ3v) is 5.80. The lowest BCUT2D eigenvalue weighted by Crippen LogP contribution is -2.54. The highest BCUT2D eigenvalue weighted by molar-refractivity contribution is 6.26. The van der Waals surface area contributed by atoms with Crippen LogP contribution in [0.1, 0.15) is 43.6 Å². The summed E-state index contributed by atoms with van der Waals surface area (Å²) in [5, 5.41) is 4.79. The molecule has 0 fully saturated rings. The summed E-state index contributed by atoms with van der Waals surface area (Å²) < 4.78 is 0. The smallest absolute Gasteiger partial charge is 0.259 e. The molecule has 0 bridgehead atoms. The summed E-state index contributed by atoms with van der Waals surface area (Å²) in [6.45, 7) is 7.58. The van der Waals surface area contributed by atoms with E-state index >= 15 is 0 Å². The molecule has 0 saturated heterocycles. The summed E-state index contributed by atoms with van der Waals surface area (Å²) in [5.41, 5.74) is 1.82. The third kappa shape index (κ3) is 4.60. The van der Waals surface area contributed by atoms with Crippen molar-refractivity contribution < 1.29 is 14.4 Å². The fourth-order valence-corrected chi connectivity index (χ4v) is 4.20. The molecule has 0 aliphatic carbocycles. The lowest BCUT2D eigenvalue weighted by atomic mass is 10.1. The second-order valence-corrected chi connectivity index (χ2v) is 9.49. The topological polar surface area (TPSA) is 69.7 Å². The number of anilines is 1. The van der Waals surface area contributed by atoms with Crippen LogP contribution in [-0.4, -0.2) is 40.7 Å². The van der Waals surface area contributed by atoms with Crippen LogP contribution in [0.2, 0.25) is 0 Å². The van der Waals surface area contributed by atoms with Gasteiger partial charge in [0.15, 0.2) is 0 Å². The first kappa shape index (κ1) is 22.5. The molecule has 6 nitrogen and oxygen atoms in total.